The number of aromatic nitrogens is 1. The molecular weight excluding hydrogens is 500 g/mol. The third kappa shape index (κ3) is 5.77. The molecule has 2 atom stereocenters. The van der Waals surface area contributed by atoms with Crippen molar-refractivity contribution in [3.63, 3.8) is 0 Å². The Morgan fingerprint density at radius 2 is 1.94 bits per heavy atom. The number of rotatable bonds is 8. The maximum Gasteiger partial charge on any atom is 0.341 e. The monoisotopic (exact) mass is 526 g/mol. The standard InChI is InChI=1S/C27H27ClN2O5S/c1-3-20(35-26(32)18-12-13-29-22(28)15-18)24(31)30-25-23(27(33)34-4-2)19-11-10-17(14-21(19)36-25)16-8-6-5-7-9-16/h5-9,12-13,15,17,20H,3-4,10-11,14H2,1-2H3,(H,30,31). The molecule has 0 aliphatic heterocycles. The number of hydrogen-bond acceptors (Lipinski definition) is 7. The van der Waals surface area contributed by atoms with Crippen LogP contribution in [0.5, 0.6) is 0 Å². The third-order valence-corrected chi connectivity index (χ3v) is 7.50. The number of amides is 1. The molecule has 0 bridgehead atoms. The number of fused-ring (bicyclic) bond motifs is 1. The number of nitrogens with one attached hydrogen (secondary N) is 1. The predicted octanol–water partition coefficient (Wildman–Crippen LogP) is 5.82. The Bertz CT molecular complexity index is 1260. The molecule has 0 fully saturated rings. The molecule has 1 N–H and O–H groups in total. The van der Waals surface area contributed by atoms with Crippen LogP contribution >= 0.6 is 22.9 Å². The van der Waals surface area contributed by atoms with E-state index in [1.165, 1.54) is 35.2 Å². The van der Waals surface area contributed by atoms with Crippen molar-refractivity contribution in [2.75, 3.05) is 11.9 Å². The fourth-order valence-corrected chi connectivity index (χ4v) is 5.84. The van der Waals surface area contributed by atoms with Crippen molar-refractivity contribution in [2.45, 2.75) is 51.6 Å². The molecule has 188 valence electrons. The van der Waals surface area contributed by atoms with Crippen molar-refractivity contribution < 1.29 is 23.9 Å². The highest BCUT2D eigenvalue weighted by Crippen LogP contribution is 2.43. The lowest BCUT2D eigenvalue weighted by molar-refractivity contribution is -0.124. The summed E-state index contributed by atoms with van der Waals surface area (Å²) in [7, 11) is 0. The molecule has 0 radical (unpaired) electrons. The van der Waals surface area contributed by atoms with Gasteiger partial charge in [-0.15, -0.1) is 11.3 Å². The van der Waals surface area contributed by atoms with Gasteiger partial charge in [-0.1, -0.05) is 48.9 Å². The number of hydrogen-bond donors (Lipinski definition) is 1. The second kappa shape index (κ2) is 11.7. The fourth-order valence-electron chi connectivity index (χ4n) is 4.34. The zero-order valence-electron chi connectivity index (χ0n) is 20.1. The van der Waals surface area contributed by atoms with Gasteiger partial charge in [0.15, 0.2) is 6.10 Å². The quantitative estimate of drug-likeness (QED) is 0.293. The van der Waals surface area contributed by atoms with Gasteiger partial charge in [-0.2, -0.15) is 0 Å². The number of benzene rings is 1. The summed E-state index contributed by atoms with van der Waals surface area (Å²) in [6.07, 6.45) is 3.00. The van der Waals surface area contributed by atoms with Gasteiger partial charge >= 0.3 is 11.9 Å². The molecule has 2 heterocycles. The fraction of sp³-hybridized carbons (Fsp3) is 0.333. The first-order valence-corrected chi connectivity index (χ1v) is 13.1. The van der Waals surface area contributed by atoms with Crippen LogP contribution < -0.4 is 5.32 Å². The molecule has 0 spiro atoms. The van der Waals surface area contributed by atoms with Crippen LogP contribution in [-0.2, 0) is 27.1 Å². The lowest BCUT2D eigenvalue weighted by atomic mass is 9.83. The first kappa shape index (κ1) is 25.9. The number of anilines is 1. The van der Waals surface area contributed by atoms with Crippen LogP contribution in [0.3, 0.4) is 0 Å². The van der Waals surface area contributed by atoms with E-state index < -0.39 is 23.9 Å². The average molecular weight is 527 g/mol. The Kier molecular flexibility index (Phi) is 8.38. The van der Waals surface area contributed by atoms with Crippen molar-refractivity contribution in [3.8, 4) is 0 Å². The normalized spacial score (nSPS) is 15.5. The van der Waals surface area contributed by atoms with Crippen molar-refractivity contribution >= 4 is 45.8 Å². The number of halogens is 1. The minimum Gasteiger partial charge on any atom is -0.462 e. The van der Waals surface area contributed by atoms with Crippen molar-refractivity contribution in [1.29, 1.82) is 0 Å². The Hall–Kier alpha value is -3.23. The topological polar surface area (TPSA) is 94.6 Å². The van der Waals surface area contributed by atoms with Gasteiger partial charge < -0.3 is 14.8 Å². The summed E-state index contributed by atoms with van der Waals surface area (Å²) in [5.74, 6) is -1.30. The van der Waals surface area contributed by atoms with Crippen molar-refractivity contribution in [3.05, 3.63) is 80.9 Å². The second-order valence-electron chi connectivity index (χ2n) is 8.44. The summed E-state index contributed by atoms with van der Waals surface area (Å²) in [6, 6.07) is 13.1. The molecule has 1 aliphatic rings. The van der Waals surface area contributed by atoms with Gasteiger partial charge in [-0.25, -0.2) is 14.6 Å². The van der Waals surface area contributed by atoms with E-state index in [2.05, 4.69) is 22.4 Å². The first-order valence-electron chi connectivity index (χ1n) is 11.9. The van der Waals surface area contributed by atoms with E-state index in [1.807, 2.05) is 18.2 Å². The summed E-state index contributed by atoms with van der Waals surface area (Å²) in [5.41, 5.74) is 2.79. The molecule has 9 heteroatoms. The summed E-state index contributed by atoms with van der Waals surface area (Å²) >= 11 is 7.25. The third-order valence-electron chi connectivity index (χ3n) is 6.13. The highest BCUT2D eigenvalue weighted by molar-refractivity contribution is 7.17. The maximum atomic E-state index is 13.1. The first-order chi connectivity index (χ1) is 17.4. The van der Waals surface area contributed by atoms with Crippen molar-refractivity contribution in [1.82, 2.24) is 4.98 Å². The molecule has 2 unspecified atom stereocenters. The molecule has 36 heavy (non-hydrogen) atoms. The van der Waals surface area contributed by atoms with Crippen LogP contribution in [0.4, 0.5) is 5.00 Å². The number of thiophene rings is 1. The van der Waals surface area contributed by atoms with E-state index in [9.17, 15) is 14.4 Å². The Balaban J connectivity index is 1.56. The number of nitrogens with zero attached hydrogens (tertiary/aromatic N) is 1. The van der Waals surface area contributed by atoms with Gasteiger partial charge in [0.25, 0.3) is 5.91 Å². The van der Waals surface area contributed by atoms with Crippen LogP contribution in [0.15, 0.2) is 48.7 Å². The van der Waals surface area contributed by atoms with Gasteiger partial charge in [0.1, 0.15) is 10.2 Å². The van der Waals surface area contributed by atoms with E-state index >= 15 is 0 Å². The van der Waals surface area contributed by atoms with E-state index in [4.69, 9.17) is 21.1 Å². The lowest BCUT2D eigenvalue weighted by Crippen LogP contribution is -2.32. The largest absolute Gasteiger partial charge is 0.462 e. The molecule has 2 aromatic heterocycles. The van der Waals surface area contributed by atoms with Crippen molar-refractivity contribution in [2.24, 2.45) is 0 Å². The molecule has 7 nitrogen and oxygen atoms in total. The van der Waals surface area contributed by atoms with Gasteiger partial charge in [-0.05, 0) is 61.8 Å². The van der Waals surface area contributed by atoms with E-state index in [-0.39, 0.29) is 23.7 Å². The van der Waals surface area contributed by atoms with Gasteiger partial charge in [0, 0.05) is 11.1 Å². The Labute approximate surface area is 218 Å². The number of esters is 2. The zero-order chi connectivity index (χ0) is 25.7. The maximum absolute atomic E-state index is 13.1. The molecule has 1 aromatic carbocycles. The minimum absolute atomic E-state index is 0.152. The summed E-state index contributed by atoms with van der Waals surface area (Å²) in [4.78, 5) is 43.5. The molecule has 4 rings (SSSR count). The van der Waals surface area contributed by atoms with Crippen LogP contribution in [0.1, 0.15) is 69.3 Å². The summed E-state index contributed by atoms with van der Waals surface area (Å²) in [6.45, 7) is 3.72. The van der Waals surface area contributed by atoms with Crippen LogP contribution in [-0.4, -0.2) is 35.5 Å². The number of pyridine rings is 1. The van der Waals surface area contributed by atoms with E-state index in [1.54, 1.807) is 13.8 Å². The predicted molar refractivity (Wildman–Crippen MR) is 139 cm³/mol. The molecule has 1 amide bonds. The second-order valence-corrected chi connectivity index (χ2v) is 9.93. The minimum atomic E-state index is -1.05. The summed E-state index contributed by atoms with van der Waals surface area (Å²) < 4.78 is 10.8. The van der Waals surface area contributed by atoms with Gasteiger partial charge in [0.05, 0.1) is 17.7 Å². The van der Waals surface area contributed by atoms with Crippen LogP contribution in [0.25, 0.3) is 0 Å². The van der Waals surface area contributed by atoms with Crippen LogP contribution in [0.2, 0.25) is 5.15 Å². The Morgan fingerprint density at radius 3 is 2.64 bits per heavy atom. The Morgan fingerprint density at radius 1 is 1.17 bits per heavy atom. The molecule has 1 aliphatic carbocycles. The SMILES string of the molecule is CCOC(=O)c1c(NC(=O)C(CC)OC(=O)c2ccnc(Cl)c2)sc2c1CCC(c1ccccc1)C2. The van der Waals surface area contributed by atoms with Gasteiger partial charge in [-0.3, -0.25) is 4.79 Å². The molecular formula is C27H27ClN2O5S. The highest BCUT2D eigenvalue weighted by atomic mass is 35.5. The number of ether oxygens (including phenoxy) is 2. The van der Waals surface area contributed by atoms with Gasteiger partial charge in [0.2, 0.25) is 0 Å². The highest BCUT2D eigenvalue weighted by Gasteiger charge is 2.32. The number of carbonyl (C=O) groups is 3. The zero-order valence-corrected chi connectivity index (χ0v) is 21.7. The van der Waals surface area contributed by atoms with Crippen LogP contribution in [0, 0.1) is 0 Å². The van der Waals surface area contributed by atoms with E-state index in [0.717, 1.165) is 23.3 Å². The number of carbonyl (C=O) groups excluding carboxylic acids is 3. The lowest BCUT2D eigenvalue weighted by Gasteiger charge is -2.23. The molecule has 0 saturated carbocycles. The van der Waals surface area contributed by atoms with E-state index in [0.29, 0.717) is 22.9 Å². The molecule has 3 aromatic rings. The molecule has 0 saturated heterocycles. The summed E-state index contributed by atoms with van der Waals surface area (Å²) in [5, 5.41) is 3.43. The average Bonchev–Trinajstić information content (AvgIpc) is 3.24. The smallest absolute Gasteiger partial charge is 0.341 e.